The summed E-state index contributed by atoms with van der Waals surface area (Å²) in [5, 5.41) is 20.9. The molecule has 2 N–H and O–H groups in total. The van der Waals surface area contributed by atoms with Gasteiger partial charge in [0, 0.05) is 5.69 Å². The number of nitrogens with one attached hydrogen (secondary N) is 1. The van der Waals surface area contributed by atoms with Crippen molar-refractivity contribution in [1.29, 1.82) is 5.26 Å². The Bertz CT molecular complexity index is 853. The normalized spacial score (nSPS) is 18.9. The highest BCUT2D eigenvalue weighted by atomic mass is 16.5. The highest BCUT2D eigenvalue weighted by molar-refractivity contribution is 5.95. The lowest BCUT2D eigenvalue weighted by molar-refractivity contribution is -0.147. The summed E-state index contributed by atoms with van der Waals surface area (Å²) < 4.78 is 5.70. The molecule has 0 bridgehead atoms. The number of carbonyl (C=O) groups excluding carboxylic acids is 1. The zero-order valence-corrected chi connectivity index (χ0v) is 14.7. The first-order valence-corrected chi connectivity index (χ1v) is 8.88. The van der Waals surface area contributed by atoms with E-state index in [9.17, 15) is 14.7 Å². The molecule has 138 valence electrons. The third kappa shape index (κ3) is 4.64. The van der Waals surface area contributed by atoms with Crippen molar-refractivity contribution in [3.05, 3.63) is 54.1 Å². The van der Waals surface area contributed by atoms with E-state index < -0.39 is 17.8 Å². The molecule has 1 saturated carbocycles. The molecule has 6 nitrogen and oxygen atoms in total. The van der Waals surface area contributed by atoms with Gasteiger partial charge in [0.15, 0.2) is 0 Å². The minimum Gasteiger partial charge on any atom is -0.481 e. The Balaban J connectivity index is 1.62. The van der Waals surface area contributed by atoms with Crippen LogP contribution in [0.1, 0.15) is 31.2 Å². The predicted octanol–water partition coefficient (Wildman–Crippen LogP) is 4.18. The molecule has 0 saturated heterocycles. The number of carboxylic acid groups (broad SMARTS) is 1. The molecule has 27 heavy (non-hydrogen) atoms. The number of hydrogen-bond donors (Lipinski definition) is 2. The SMILES string of the molecule is N#Cc1ccc(Oc2ccc(NC(=O)[C@@H]3CCCC[C@H]3C(=O)O)cc2)cc1. The summed E-state index contributed by atoms with van der Waals surface area (Å²) in [5.41, 5.74) is 1.16. The Kier molecular flexibility index (Phi) is 5.72. The molecule has 0 radical (unpaired) electrons. The number of carboxylic acids is 1. The van der Waals surface area contributed by atoms with E-state index >= 15 is 0 Å². The van der Waals surface area contributed by atoms with Gasteiger partial charge in [-0.25, -0.2) is 0 Å². The third-order valence-electron chi connectivity index (χ3n) is 4.76. The van der Waals surface area contributed by atoms with E-state index in [4.69, 9.17) is 10.00 Å². The van der Waals surface area contributed by atoms with Gasteiger partial charge < -0.3 is 15.2 Å². The lowest BCUT2D eigenvalue weighted by atomic mass is 9.78. The fraction of sp³-hybridized carbons (Fsp3) is 0.286. The number of nitrogens with zero attached hydrogens (tertiary/aromatic N) is 1. The molecule has 2 aromatic carbocycles. The fourth-order valence-corrected chi connectivity index (χ4v) is 3.32. The van der Waals surface area contributed by atoms with Crippen LogP contribution in [0.15, 0.2) is 48.5 Å². The predicted molar refractivity (Wildman–Crippen MR) is 99.4 cm³/mol. The maximum Gasteiger partial charge on any atom is 0.307 e. The number of ether oxygens (including phenoxy) is 1. The van der Waals surface area contributed by atoms with Crippen molar-refractivity contribution >= 4 is 17.6 Å². The number of benzene rings is 2. The van der Waals surface area contributed by atoms with Gasteiger partial charge in [-0.15, -0.1) is 0 Å². The fourth-order valence-electron chi connectivity index (χ4n) is 3.32. The monoisotopic (exact) mass is 364 g/mol. The van der Waals surface area contributed by atoms with Crippen molar-refractivity contribution in [2.24, 2.45) is 11.8 Å². The third-order valence-corrected chi connectivity index (χ3v) is 4.76. The van der Waals surface area contributed by atoms with E-state index in [1.165, 1.54) is 0 Å². The lowest BCUT2D eigenvalue weighted by Crippen LogP contribution is -2.36. The van der Waals surface area contributed by atoms with E-state index in [2.05, 4.69) is 5.32 Å². The van der Waals surface area contributed by atoms with Crippen LogP contribution in [0.5, 0.6) is 11.5 Å². The van der Waals surface area contributed by atoms with Crippen LogP contribution >= 0.6 is 0 Å². The Labute approximate surface area is 157 Å². The molecule has 1 aliphatic rings. The van der Waals surface area contributed by atoms with E-state index in [0.29, 0.717) is 35.6 Å². The zero-order chi connectivity index (χ0) is 19.2. The highest BCUT2D eigenvalue weighted by Gasteiger charge is 2.35. The highest BCUT2D eigenvalue weighted by Crippen LogP contribution is 2.31. The number of anilines is 1. The van der Waals surface area contributed by atoms with Gasteiger partial charge in [-0.2, -0.15) is 5.26 Å². The van der Waals surface area contributed by atoms with Crippen molar-refractivity contribution in [2.75, 3.05) is 5.32 Å². The molecule has 0 aromatic heterocycles. The minimum atomic E-state index is -0.902. The van der Waals surface area contributed by atoms with E-state index in [1.54, 1.807) is 48.5 Å². The second-order valence-corrected chi connectivity index (χ2v) is 6.59. The molecule has 0 unspecified atom stereocenters. The van der Waals surface area contributed by atoms with Crippen molar-refractivity contribution in [3.63, 3.8) is 0 Å². The van der Waals surface area contributed by atoms with E-state index in [1.807, 2.05) is 6.07 Å². The largest absolute Gasteiger partial charge is 0.481 e. The van der Waals surface area contributed by atoms with E-state index in [0.717, 1.165) is 12.8 Å². The van der Waals surface area contributed by atoms with Crippen LogP contribution in [0.25, 0.3) is 0 Å². The van der Waals surface area contributed by atoms with Crippen LogP contribution in [-0.2, 0) is 9.59 Å². The molecule has 1 amide bonds. The summed E-state index contributed by atoms with van der Waals surface area (Å²) in [5.74, 6) is -1.05. The van der Waals surface area contributed by atoms with Gasteiger partial charge in [-0.1, -0.05) is 12.8 Å². The molecule has 6 heteroatoms. The second kappa shape index (κ2) is 8.37. The molecule has 0 heterocycles. The van der Waals surface area contributed by atoms with Crippen molar-refractivity contribution in [1.82, 2.24) is 0 Å². The zero-order valence-electron chi connectivity index (χ0n) is 14.7. The van der Waals surface area contributed by atoms with Gasteiger partial charge in [-0.3, -0.25) is 9.59 Å². The molecule has 0 aliphatic heterocycles. The molecule has 0 spiro atoms. The second-order valence-electron chi connectivity index (χ2n) is 6.59. The lowest BCUT2D eigenvalue weighted by Gasteiger charge is -2.27. The van der Waals surface area contributed by atoms with Gasteiger partial charge in [0.05, 0.1) is 23.5 Å². The van der Waals surface area contributed by atoms with E-state index in [-0.39, 0.29) is 5.91 Å². The summed E-state index contributed by atoms with van der Waals surface area (Å²) in [6.07, 6.45) is 2.87. The van der Waals surface area contributed by atoms with Crippen molar-refractivity contribution in [2.45, 2.75) is 25.7 Å². The number of amides is 1. The van der Waals surface area contributed by atoms with Crippen LogP contribution in [-0.4, -0.2) is 17.0 Å². The van der Waals surface area contributed by atoms with Crippen LogP contribution in [0.3, 0.4) is 0 Å². The van der Waals surface area contributed by atoms with Gasteiger partial charge >= 0.3 is 5.97 Å². The van der Waals surface area contributed by atoms with Gasteiger partial charge in [0.1, 0.15) is 11.5 Å². The van der Waals surface area contributed by atoms with Crippen molar-refractivity contribution in [3.8, 4) is 17.6 Å². The van der Waals surface area contributed by atoms with Crippen LogP contribution < -0.4 is 10.1 Å². The molecule has 1 aliphatic carbocycles. The van der Waals surface area contributed by atoms with Crippen molar-refractivity contribution < 1.29 is 19.4 Å². The Morgan fingerprint density at radius 2 is 1.52 bits per heavy atom. The Hall–Kier alpha value is -3.33. The first kappa shape index (κ1) is 18.5. The first-order chi connectivity index (χ1) is 13.1. The first-order valence-electron chi connectivity index (χ1n) is 8.88. The molecule has 3 rings (SSSR count). The molecule has 2 atom stereocenters. The van der Waals surface area contributed by atoms with Crippen LogP contribution in [0, 0.1) is 23.2 Å². The number of nitriles is 1. The Morgan fingerprint density at radius 1 is 0.963 bits per heavy atom. The summed E-state index contributed by atoms with van der Waals surface area (Å²) >= 11 is 0. The van der Waals surface area contributed by atoms with Gasteiger partial charge in [-0.05, 0) is 61.4 Å². The maximum atomic E-state index is 12.5. The number of hydrogen-bond acceptors (Lipinski definition) is 4. The number of rotatable bonds is 5. The van der Waals surface area contributed by atoms with Crippen LogP contribution in [0.4, 0.5) is 5.69 Å². The average molecular weight is 364 g/mol. The average Bonchev–Trinajstić information content (AvgIpc) is 2.70. The number of aliphatic carboxylic acids is 1. The molecular formula is C21H20N2O4. The Morgan fingerprint density at radius 3 is 2.07 bits per heavy atom. The summed E-state index contributed by atoms with van der Waals surface area (Å²) in [4.78, 5) is 23.9. The topological polar surface area (TPSA) is 99.4 Å². The van der Waals surface area contributed by atoms with Gasteiger partial charge in [0.2, 0.25) is 5.91 Å². The smallest absolute Gasteiger partial charge is 0.307 e. The minimum absolute atomic E-state index is 0.247. The quantitative estimate of drug-likeness (QED) is 0.829. The molecular weight excluding hydrogens is 344 g/mol. The van der Waals surface area contributed by atoms with Gasteiger partial charge in [0.25, 0.3) is 0 Å². The summed E-state index contributed by atoms with van der Waals surface area (Å²) in [6, 6.07) is 15.7. The molecule has 1 fully saturated rings. The maximum absolute atomic E-state index is 12.5. The van der Waals surface area contributed by atoms with Crippen LogP contribution in [0.2, 0.25) is 0 Å². The standard InChI is InChI=1S/C21H20N2O4/c22-13-14-5-9-16(10-6-14)27-17-11-7-15(8-12-17)23-20(24)18-3-1-2-4-19(18)21(25)26/h5-12,18-19H,1-4H2,(H,23,24)(H,25,26)/t18-,19-/m1/s1. The number of carbonyl (C=O) groups is 2. The molecule has 2 aromatic rings. The summed E-state index contributed by atoms with van der Waals surface area (Å²) in [7, 11) is 0. The summed E-state index contributed by atoms with van der Waals surface area (Å²) in [6.45, 7) is 0.